The number of ether oxygens (including phenoxy) is 1. The molecule has 1 atom stereocenters. The molecular weight excluding hydrogens is 262 g/mol. The van der Waals surface area contributed by atoms with Gasteiger partial charge in [0.25, 0.3) is 0 Å². The van der Waals surface area contributed by atoms with E-state index in [2.05, 4.69) is 35.5 Å². The van der Waals surface area contributed by atoms with Gasteiger partial charge in [-0.25, -0.2) is 0 Å². The standard InChI is InChI=1S/C18H19NO2/c1-3-7-17(18(20)21-4-2)19-13-14-10-11-15-8-5-6-9-16(15)12-14/h1,5-6,8-12,17,19H,4,7,13H2,2H3. The molecule has 0 heterocycles. The van der Waals surface area contributed by atoms with Crippen molar-refractivity contribution in [1.82, 2.24) is 5.32 Å². The van der Waals surface area contributed by atoms with E-state index in [0.29, 0.717) is 19.6 Å². The summed E-state index contributed by atoms with van der Waals surface area (Å²) in [5.41, 5.74) is 1.11. The number of benzene rings is 2. The number of carbonyl (C=O) groups excluding carboxylic acids is 1. The average Bonchev–Trinajstić information content (AvgIpc) is 2.51. The largest absolute Gasteiger partial charge is 0.465 e. The minimum Gasteiger partial charge on any atom is -0.465 e. The molecule has 0 saturated heterocycles. The Balaban J connectivity index is 2.04. The monoisotopic (exact) mass is 281 g/mol. The van der Waals surface area contributed by atoms with Crippen molar-refractivity contribution in [2.45, 2.75) is 25.9 Å². The summed E-state index contributed by atoms with van der Waals surface area (Å²) in [6.45, 7) is 2.72. The van der Waals surface area contributed by atoms with Gasteiger partial charge in [-0.1, -0.05) is 36.4 Å². The highest BCUT2D eigenvalue weighted by molar-refractivity contribution is 5.83. The number of terminal acetylenes is 1. The van der Waals surface area contributed by atoms with E-state index in [-0.39, 0.29) is 5.97 Å². The van der Waals surface area contributed by atoms with Gasteiger partial charge in [0.2, 0.25) is 0 Å². The fourth-order valence-electron chi connectivity index (χ4n) is 2.19. The van der Waals surface area contributed by atoms with Crippen LogP contribution in [0.1, 0.15) is 18.9 Å². The molecule has 2 aromatic carbocycles. The Kier molecular flexibility index (Phi) is 5.36. The lowest BCUT2D eigenvalue weighted by Gasteiger charge is -2.15. The Hall–Kier alpha value is -2.31. The smallest absolute Gasteiger partial charge is 0.324 e. The molecule has 3 heteroatoms. The SMILES string of the molecule is C#CCC(NCc1ccc2ccccc2c1)C(=O)OCC. The number of hydrogen-bond acceptors (Lipinski definition) is 3. The molecule has 0 aromatic heterocycles. The fourth-order valence-corrected chi connectivity index (χ4v) is 2.19. The number of rotatable bonds is 6. The van der Waals surface area contributed by atoms with Crippen molar-refractivity contribution in [1.29, 1.82) is 0 Å². The molecule has 0 bridgehead atoms. The highest BCUT2D eigenvalue weighted by Gasteiger charge is 2.17. The third kappa shape index (κ3) is 4.08. The summed E-state index contributed by atoms with van der Waals surface area (Å²) >= 11 is 0. The van der Waals surface area contributed by atoms with Crippen LogP contribution in [-0.2, 0) is 16.1 Å². The van der Waals surface area contributed by atoms with Crippen LogP contribution in [-0.4, -0.2) is 18.6 Å². The lowest BCUT2D eigenvalue weighted by Crippen LogP contribution is -2.37. The van der Waals surface area contributed by atoms with Crippen LogP contribution in [0.15, 0.2) is 42.5 Å². The van der Waals surface area contributed by atoms with Gasteiger partial charge in [0.15, 0.2) is 0 Å². The molecule has 0 amide bonds. The molecule has 2 aromatic rings. The van der Waals surface area contributed by atoms with E-state index in [1.54, 1.807) is 6.92 Å². The lowest BCUT2D eigenvalue weighted by molar-refractivity contribution is -0.145. The molecule has 1 N–H and O–H groups in total. The van der Waals surface area contributed by atoms with Gasteiger partial charge in [0.05, 0.1) is 6.61 Å². The number of esters is 1. The zero-order valence-corrected chi connectivity index (χ0v) is 12.1. The summed E-state index contributed by atoms with van der Waals surface area (Å²) in [6, 6.07) is 14.0. The topological polar surface area (TPSA) is 38.3 Å². The van der Waals surface area contributed by atoms with Crippen molar-refractivity contribution in [2.24, 2.45) is 0 Å². The average molecular weight is 281 g/mol. The van der Waals surface area contributed by atoms with Crippen molar-refractivity contribution < 1.29 is 9.53 Å². The van der Waals surface area contributed by atoms with Crippen molar-refractivity contribution in [3.05, 3.63) is 48.0 Å². The number of nitrogens with one attached hydrogen (secondary N) is 1. The van der Waals surface area contributed by atoms with E-state index < -0.39 is 6.04 Å². The van der Waals surface area contributed by atoms with Crippen LogP contribution in [0.25, 0.3) is 10.8 Å². The highest BCUT2D eigenvalue weighted by atomic mass is 16.5. The molecule has 108 valence electrons. The molecule has 1 unspecified atom stereocenters. The summed E-state index contributed by atoms with van der Waals surface area (Å²) in [5, 5.41) is 5.55. The van der Waals surface area contributed by atoms with Gasteiger partial charge < -0.3 is 4.74 Å². The molecule has 0 fully saturated rings. The Morgan fingerprint density at radius 3 is 2.76 bits per heavy atom. The fraction of sp³-hybridized carbons (Fsp3) is 0.278. The first kappa shape index (κ1) is 15.1. The van der Waals surface area contributed by atoms with E-state index in [4.69, 9.17) is 11.2 Å². The predicted octanol–water partition coefficient (Wildman–Crippen LogP) is 2.88. The summed E-state index contributed by atoms with van der Waals surface area (Å²) in [7, 11) is 0. The van der Waals surface area contributed by atoms with E-state index in [0.717, 1.165) is 5.56 Å². The maximum atomic E-state index is 11.8. The van der Waals surface area contributed by atoms with Crippen LogP contribution in [0, 0.1) is 12.3 Å². The molecule has 0 aliphatic heterocycles. The van der Waals surface area contributed by atoms with E-state index >= 15 is 0 Å². The number of carbonyl (C=O) groups is 1. The Labute approximate surface area is 125 Å². The zero-order valence-electron chi connectivity index (χ0n) is 12.1. The highest BCUT2D eigenvalue weighted by Crippen LogP contribution is 2.15. The first-order chi connectivity index (χ1) is 10.2. The predicted molar refractivity (Wildman–Crippen MR) is 84.7 cm³/mol. The van der Waals surface area contributed by atoms with Gasteiger partial charge in [-0.2, -0.15) is 0 Å². The molecular formula is C18H19NO2. The van der Waals surface area contributed by atoms with Crippen LogP contribution in [0.4, 0.5) is 0 Å². The maximum absolute atomic E-state index is 11.8. The Bertz CT molecular complexity index is 658. The first-order valence-electron chi connectivity index (χ1n) is 7.05. The zero-order chi connectivity index (χ0) is 15.1. The molecule has 21 heavy (non-hydrogen) atoms. The van der Waals surface area contributed by atoms with Gasteiger partial charge in [0.1, 0.15) is 6.04 Å². The Morgan fingerprint density at radius 2 is 2.05 bits per heavy atom. The third-order valence-corrected chi connectivity index (χ3v) is 3.26. The van der Waals surface area contributed by atoms with Crippen molar-refractivity contribution in [3.63, 3.8) is 0 Å². The van der Waals surface area contributed by atoms with Gasteiger partial charge in [-0.3, -0.25) is 10.1 Å². The van der Waals surface area contributed by atoms with Gasteiger partial charge in [-0.15, -0.1) is 12.3 Å². The van der Waals surface area contributed by atoms with Crippen molar-refractivity contribution >= 4 is 16.7 Å². The second-order valence-electron chi connectivity index (χ2n) is 4.78. The minimum atomic E-state index is -0.457. The van der Waals surface area contributed by atoms with Crippen molar-refractivity contribution in [2.75, 3.05) is 6.61 Å². The van der Waals surface area contributed by atoms with Crippen LogP contribution < -0.4 is 5.32 Å². The molecule has 0 aliphatic rings. The Morgan fingerprint density at radius 1 is 1.29 bits per heavy atom. The summed E-state index contributed by atoms with van der Waals surface area (Å²) in [5.74, 6) is 2.21. The van der Waals surface area contributed by atoms with E-state index in [1.807, 2.05) is 18.2 Å². The van der Waals surface area contributed by atoms with Crippen LogP contribution in [0.5, 0.6) is 0 Å². The molecule has 2 rings (SSSR count). The molecule has 0 spiro atoms. The second-order valence-corrected chi connectivity index (χ2v) is 4.78. The summed E-state index contributed by atoms with van der Waals surface area (Å²) in [4.78, 5) is 11.8. The summed E-state index contributed by atoms with van der Waals surface area (Å²) < 4.78 is 5.02. The first-order valence-corrected chi connectivity index (χ1v) is 7.05. The van der Waals surface area contributed by atoms with Crippen molar-refractivity contribution in [3.8, 4) is 12.3 Å². The summed E-state index contributed by atoms with van der Waals surface area (Å²) in [6.07, 6.45) is 5.63. The third-order valence-electron chi connectivity index (χ3n) is 3.26. The normalized spacial score (nSPS) is 11.8. The maximum Gasteiger partial charge on any atom is 0.324 e. The number of hydrogen-bond donors (Lipinski definition) is 1. The quantitative estimate of drug-likeness (QED) is 0.653. The number of fused-ring (bicyclic) bond motifs is 1. The van der Waals surface area contributed by atoms with Crippen LogP contribution in [0.3, 0.4) is 0 Å². The van der Waals surface area contributed by atoms with Crippen LogP contribution >= 0.6 is 0 Å². The van der Waals surface area contributed by atoms with E-state index in [1.165, 1.54) is 10.8 Å². The minimum absolute atomic E-state index is 0.295. The second kappa shape index (κ2) is 7.47. The molecule has 0 saturated carbocycles. The van der Waals surface area contributed by atoms with Gasteiger partial charge >= 0.3 is 5.97 Å². The molecule has 0 aliphatic carbocycles. The van der Waals surface area contributed by atoms with E-state index in [9.17, 15) is 4.79 Å². The molecule has 3 nitrogen and oxygen atoms in total. The van der Waals surface area contributed by atoms with Gasteiger partial charge in [0, 0.05) is 13.0 Å². The molecule has 0 radical (unpaired) electrons. The van der Waals surface area contributed by atoms with Crippen LogP contribution in [0.2, 0.25) is 0 Å². The van der Waals surface area contributed by atoms with Gasteiger partial charge in [-0.05, 0) is 29.3 Å². The lowest BCUT2D eigenvalue weighted by atomic mass is 10.1.